The number of benzene rings is 2. The minimum absolute atomic E-state index is 0.0197. The van der Waals surface area contributed by atoms with Crippen LogP contribution in [0.4, 0.5) is 26.3 Å². The average molecular weight is 305 g/mol. The molecule has 2 rings (SSSR count). The molecule has 2 N–H and O–H groups in total. The van der Waals surface area contributed by atoms with E-state index in [0.717, 1.165) is 6.07 Å². The number of halogens is 6. The molecule has 0 saturated carbocycles. The topological polar surface area (TPSA) is 26.0 Å². The van der Waals surface area contributed by atoms with Gasteiger partial charge < -0.3 is 5.73 Å². The number of rotatable bonds is 3. The Morgan fingerprint density at radius 3 is 1.76 bits per heavy atom. The zero-order chi connectivity index (χ0) is 15.7. The van der Waals surface area contributed by atoms with Crippen molar-refractivity contribution < 1.29 is 26.3 Å². The SMILES string of the molecule is NCCc1cccc(F)c1-c1c(F)c(F)c(F)c(F)c1F. The molecular formula is C14H9F6N. The zero-order valence-electron chi connectivity index (χ0n) is 10.5. The Kier molecular flexibility index (Phi) is 4.22. The molecule has 0 radical (unpaired) electrons. The third-order valence-electron chi connectivity index (χ3n) is 2.97. The van der Waals surface area contributed by atoms with Crippen LogP contribution in [-0.4, -0.2) is 6.54 Å². The van der Waals surface area contributed by atoms with Crippen LogP contribution in [0.3, 0.4) is 0 Å². The van der Waals surface area contributed by atoms with Crippen molar-refractivity contribution in [3.63, 3.8) is 0 Å². The second-order valence-corrected chi connectivity index (χ2v) is 4.26. The molecule has 0 aliphatic carbocycles. The highest BCUT2D eigenvalue weighted by Gasteiger charge is 2.29. The van der Waals surface area contributed by atoms with Crippen molar-refractivity contribution in [1.82, 2.24) is 0 Å². The Hall–Kier alpha value is -2.02. The summed E-state index contributed by atoms with van der Waals surface area (Å²) in [7, 11) is 0. The number of nitrogens with two attached hydrogens (primary N) is 1. The second-order valence-electron chi connectivity index (χ2n) is 4.26. The molecular weight excluding hydrogens is 296 g/mol. The monoisotopic (exact) mass is 305 g/mol. The van der Waals surface area contributed by atoms with E-state index in [1.54, 1.807) is 0 Å². The van der Waals surface area contributed by atoms with Crippen LogP contribution in [0.5, 0.6) is 0 Å². The van der Waals surface area contributed by atoms with E-state index in [1.807, 2.05) is 0 Å². The van der Waals surface area contributed by atoms with Gasteiger partial charge in [-0.15, -0.1) is 0 Å². The van der Waals surface area contributed by atoms with E-state index >= 15 is 0 Å². The Labute approximate surface area is 116 Å². The Balaban J connectivity index is 2.86. The summed E-state index contributed by atoms with van der Waals surface area (Å²) < 4.78 is 80.9. The highest BCUT2D eigenvalue weighted by atomic mass is 19.2. The quantitative estimate of drug-likeness (QED) is 0.522. The summed E-state index contributed by atoms with van der Waals surface area (Å²) >= 11 is 0. The molecule has 112 valence electrons. The zero-order valence-corrected chi connectivity index (χ0v) is 10.5. The molecule has 7 heteroatoms. The lowest BCUT2D eigenvalue weighted by Crippen LogP contribution is -2.09. The highest BCUT2D eigenvalue weighted by Crippen LogP contribution is 2.35. The minimum atomic E-state index is -2.29. The van der Waals surface area contributed by atoms with E-state index in [0.29, 0.717) is 0 Å². The lowest BCUT2D eigenvalue weighted by Gasteiger charge is -2.13. The van der Waals surface area contributed by atoms with Crippen LogP contribution in [0.25, 0.3) is 11.1 Å². The van der Waals surface area contributed by atoms with E-state index in [2.05, 4.69) is 0 Å². The first-order valence-corrected chi connectivity index (χ1v) is 5.89. The van der Waals surface area contributed by atoms with E-state index in [1.165, 1.54) is 12.1 Å². The van der Waals surface area contributed by atoms with E-state index in [4.69, 9.17) is 5.73 Å². The van der Waals surface area contributed by atoms with Gasteiger partial charge in [-0.1, -0.05) is 12.1 Å². The Morgan fingerprint density at radius 1 is 0.714 bits per heavy atom. The van der Waals surface area contributed by atoms with Gasteiger partial charge in [0.15, 0.2) is 23.3 Å². The van der Waals surface area contributed by atoms with Gasteiger partial charge in [-0.05, 0) is 24.6 Å². The van der Waals surface area contributed by atoms with Crippen LogP contribution in [-0.2, 0) is 6.42 Å². The Morgan fingerprint density at radius 2 is 1.24 bits per heavy atom. The molecule has 0 saturated heterocycles. The van der Waals surface area contributed by atoms with Gasteiger partial charge >= 0.3 is 0 Å². The summed E-state index contributed by atoms with van der Waals surface area (Å²) in [5, 5.41) is 0. The molecule has 0 unspecified atom stereocenters. The largest absolute Gasteiger partial charge is 0.330 e. The Bertz CT molecular complexity index is 669. The predicted octanol–water partition coefficient (Wildman–Crippen LogP) is 3.69. The van der Waals surface area contributed by atoms with Crippen LogP contribution in [0.1, 0.15) is 5.56 Å². The fourth-order valence-electron chi connectivity index (χ4n) is 2.04. The molecule has 0 spiro atoms. The molecule has 2 aromatic carbocycles. The molecule has 0 heterocycles. The van der Waals surface area contributed by atoms with Gasteiger partial charge in [-0.25, -0.2) is 26.3 Å². The number of hydrogen-bond donors (Lipinski definition) is 1. The van der Waals surface area contributed by atoms with Gasteiger partial charge in [-0.3, -0.25) is 0 Å². The average Bonchev–Trinajstić information content (AvgIpc) is 2.46. The molecule has 0 amide bonds. The van der Waals surface area contributed by atoms with Gasteiger partial charge in [-0.2, -0.15) is 0 Å². The van der Waals surface area contributed by atoms with Crippen molar-refractivity contribution >= 4 is 0 Å². The first-order chi connectivity index (χ1) is 9.90. The van der Waals surface area contributed by atoms with Gasteiger partial charge in [0.05, 0.1) is 5.56 Å². The van der Waals surface area contributed by atoms with E-state index in [-0.39, 0.29) is 18.5 Å². The third-order valence-corrected chi connectivity index (χ3v) is 2.97. The fourth-order valence-corrected chi connectivity index (χ4v) is 2.04. The summed E-state index contributed by atoms with van der Waals surface area (Å²) in [6.07, 6.45) is 0.0204. The lowest BCUT2D eigenvalue weighted by atomic mass is 9.95. The van der Waals surface area contributed by atoms with Crippen molar-refractivity contribution in [2.24, 2.45) is 5.73 Å². The van der Waals surface area contributed by atoms with Crippen LogP contribution in [0, 0.1) is 34.9 Å². The van der Waals surface area contributed by atoms with E-state index in [9.17, 15) is 26.3 Å². The third kappa shape index (κ3) is 2.49. The van der Waals surface area contributed by atoms with Gasteiger partial charge in [0, 0.05) is 5.56 Å². The van der Waals surface area contributed by atoms with E-state index < -0.39 is 46.0 Å². The molecule has 0 aliphatic heterocycles. The van der Waals surface area contributed by atoms with Crippen LogP contribution in [0.2, 0.25) is 0 Å². The smallest absolute Gasteiger partial charge is 0.200 e. The van der Waals surface area contributed by atoms with Crippen molar-refractivity contribution in [2.75, 3.05) is 6.54 Å². The van der Waals surface area contributed by atoms with Crippen LogP contribution < -0.4 is 5.73 Å². The van der Waals surface area contributed by atoms with Crippen molar-refractivity contribution in [2.45, 2.75) is 6.42 Å². The highest BCUT2D eigenvalue weighted by molar-refractivity contribution is 5.69. The standard InChI is InChI=1S/C14H9F6N/c15-7-3-1-2-6(4-5-21)8(7)9-10(16)12(18)14(20)13(19)11(9)17/h1-3H,4-5,21H2. The van der Waals surface area contributed by atoms with Crippen molar-refractivity contribution in [3.8, 4) is 11.1 Å². The van der Waals surface area contributed by atoms with Gasteiger partial charge in [0.1, 0.15) is 5.82 Å². The summed E-state index contributed by atoms with van der Waals surface area (Å²) in [5.41, 5.74) is 3.40. The summed E-state index contributed by atoms with van der Waals surface area (Å²) in [4.78, 5) is 0. The predicted molar refractivity (Wildman–Crippen MR) is 64.4 cm³/mol. The van der Waals surface area contributed by atoms with Gasteiger partial charge in [0.2, 0.25) is 5.82 Å². The maximum absolute atomic E-state index is 13.9. The summed E-state index contributed by atoms with van der Waals surface area (Å²) in [5.74, 6) is -11.8. The molecule has 21 heavy (non-hydrogen) atoms. The number of hydrogen-bond acceptors (Lipinski definition) is 1. The first-order valence-electron chi connectivity index (χ1n) is 5.89. The molecule has 0 atom stereocenters. The summed E-state index contributed by atoms with van der Waals surface area (Å²) in [6.45, 7) is 0.0197. The van der Waals surface area contributed by atoms with Crippen molar-refractivity contribution in [3.05, 3.63) is 58.7 Å². The molecule has 0 aliphatic rings. The van der Waals surface area contributed by atoms with Crippen molar-refractivity contribution in [1.29, 1.82) is 0 Å². The maximum atomic E-state index is 13.9. The molecule has 0 aromatic heterocycles. The lowest BCUT2D eigenvalue weighted by molar-refractivity contribution is 0.381. The minimum Gasteiger partial charge on any atom is -0.330 e. The normalized spacial score (nSPS) is 11.0. The molecule has 2 aromatic rings. The first kappa shape index (κ1) is 15.4. The summed E-state index contributed by atoms with van der Waals surface area (Å²) in [6, 6.07) is 3.44. The molecule has 0 fully saturated rings. The fraction of sp³-hybridized carbons (Fsp3) is 0.143. The van der Waals surface area contributed by atoms with Crippen LogP contribution in [0.15, 0.2) is 18.2 Å². The maximum Gasteiger partial charge on any atom is 0.200 e. The van der Waals surface area contributed by atoms with Crippen LogP contribution >= 0.6 is 0 Å². The van der Waals surface area contributed by atoms with Gasteiger partial charge in [0.25, 0.3) is 0 Å². The second kappa shape index (κ2) is 5.77. The molecule has 0 bridgehead atoms. The molecule has 1 nitrogen and oxygen atoms in total.